The van der Waals surface area contributed by atoms with E-state index in [4.69, 9.17) is 16.3 Å². The van der Waals surface area contributed by atoms with E-state index in [1.165, 1.54) is 24.1 Å². The standard InChI is InChI=1S/C30H36ClN3O5S/c1-6-22(3)32-30(36)23(4)33(19-24-13-15-25(31)16-14-24)29(35)20-34(27-9-7-8-10-28(27)39-5)40(37,38)26-17-11-21(2)12-18-26/h7-18,22-23H,6,19-20H2,1-5H3,(H,32,36). The molecule has 0 spiro atoms. The van der Waals surface area contributed by atoms with Crippen LogP contribution in [0.5, 0.6) is 5.75 Å². The summed E-state index contributed by atoms with van der Waals surface area (Å²) < 4.78 is 34.4. The average molecular weight is 586 g/mol. The maximum atomic E-state index is 14.0. The molecule has 3 rings (SSSR count). The molecule has 0 aliphatic rings. The summed E-state index contributed by atoms with van der Waals surface area (Å²) in [6, 6.07) is 19.0. The number of nitrogens with zero attached hydrogens (tertiary/aromatic N) is 2. The number of carbonyl (C=O) groups is 2. The number of sulfonamides is 1. The molecule has 3 aromatic rings. The summed E-state index contributed by atoms with van der Waals surface area (Å²) in [5, 5.41) is 3.46. The van der Waals surface area contributed by atoms with E-state index in [-0.39, 0.29) is 34.8 Å². The lowest BCUT2D eigenvalue weighted by Gasteiger charge is -2.32. The molecule has 10 heteroatoms. The molecule has 214 valence electrons. The predicted molar refractivity (Wildman–Crippen MR) is 158 cm³/mol. The third-order valence-electron chi connectivity index (χ3n) is 6.68. The Morgan fingerprint density at radius 3 is 2.20 bits per heavy atom. The number of aryl methyl sites for hydroxylation is 1. The van der Waals surface area contributed by atoms with E-state index in [2.05, 4.69) is 5.32 Å². The van der Waals surface area contributed by atoms with Gasteiger partial charge in [-0.25, -0.2) is 8.42 Å². The number of para-hydroxylation sites is 2. The maximum absolute atomic E-state index is 14.0. The summed E-state index contributed by atoms with van der Waals surface area (Å²) in [7, 11) is -2.76. The van der Waals surface area contributed by atoms with Crippen LogP contribution in [0, 0.1) is 6.92 Å². The van der Waals surface area contributed by atoms with E-state index < -0.39 is 28.5 Å². The first-order chi connectivity index (χ1) is 19.0. The van der Waals surface area contributed by atoms with Crippen molar-refractivity contribution in [2.24, 2.45) is 0 Å². The van der Waals surface area contributed by atoms with E-state index in [1.807, 2.05) is 20.8 Å². The number of halogens is 1. The highest BCUT2D eigenvalue weighted by Gasteiger charge is 2.34. The molecule has 0 fully saturated rings. The van der Waals surface area contributed by atoms with E-state index >= 15 is 0 Å². The summed E-state index contributed by atoms with van der Waals surface area (Å²) in [5.74, 6) is -0.594. The zero-order valence-corrected chi connectivity index (χ0v) is 25.0. The van der Waals surface area contributed by atoms with E-state index in [0.717, 1.165) is 21.9 Å². The lowest BCUT2D eigenvalue weighted by Crippen LogP contribution is -2.52. The molecular weight excluding hydrogens is 550 g/mol. The van der Waals surface area contributed by atoms with Crippen LogP contribution in [0.2, 0.25) is 5.02 Å². The third-order valence-corrected chi connectivity index (χ3v) is 8.70. The van der Waals surface area contributed by atoms with Gasteiger partial charge in [-0.2, -0.15) is 0 Å². The van der Waals surface area contributed by atoms with E-state index in [0.29, 0.717) is 5.02 Å². The smallest absolute Gasteiger partial charge is 0.264 e. The van der Waals surface area contributed by atoms with Crippen LogP contribution in [0.25, 0.3) is 0 Å². The van der Waals surface area contributed by atoms with Gasteiger partial charge in [-0.15, -0.1) is 0 Å². The molecule has 0 saturated heterocycles. The first-order valence-electron chi connectivity index (χ1n) is 13.0. The summed E-state index contributed by atoms with van der Waals surface area (Å²) in [6.45, 7) is 6.85. The van der Waals surface area contributed by atoms with Gasteiger partial charge in [-0.1, -0.05) is 60.5 Å². The summed E-state index contributed by atoms with van der Waals surface area (Å²) in [6.07, 6.45) is 0.722. The van der Waals surface area contributed by atoms with Crippen molar-refractivity contribution in [3.63, 3.8) is 0 Å². The minimum Gasteiger partial charge on any atom is -0.495 e. The van der Waals surface area contributed by atoms with Gasteiger partial charge in [0.1, 0.15) is 18.3 Å². The fraction of sp³-hybridized carbons (Fsp3) is 0.333. The van der Waals surface area contributed by atoms with Gasteiger partial charge in [-0.3, -0.25) is 13.9 Å². The number of methoxy groups -OCH3 is 1. The first-order valence-corrected chi connectivity index (χ1v) is 14.9. The highest BCUT2D eigenvalue weighted by Crippen LogP contribution is 2.32. The predicted octanol–water partition coefficient (Wildman–Crippen LogP) is 5.18. The van der Waals surface area contributed by atoms with Gasteiger partial charge in [0.15, 0.2) is 0 Å². The van der Waals surface area contributed by atoms with Crippen molar-refractivity contribution in [3.8, 4) is 5.75 Å². The van der Waals surface area contributed by atoms with Gasteiger partial charge in [0.25, 0.3) is 10.0 Å². The molecule has 1 N–H and O–H groups in total. The van der Waals surface area contributed by atoms with Crippen molar-refractivity contribution in [1.29, 1.82) is 0 Å². The summed E-state index contributed by atoms with van der Waals surface area (Å²) in [4.78, 5) is 28.5. The molecule has 0 saturated carbocycles. The summed E-state index contributed by atoms with van der Waals surface area (Å²) in [5.41, 5.74) is 1.85. The molecule has 3 aromatic carbocycles. The second-order valence-corrected chi connectivity index (χ2v) is 11.9. The minimum atomic E-state index is -4.19. The number of hydrogen-bond donors (Lipinski definition) is 1. The van der Waals surface area contributed by atoms with Crippen LogP contribution in [0.15, 0.2) is 77.7 Å². The van der Waals surface area contributed by atoms with E-state index in [1.54, 1.807) is 67.6 Å². The second-order valence-electron chi connectivity index (χ2n) is 9.64. The largest absolute Gasteiger partial charge is 0.495 e. The fourth-order valence-electron chi connectivity index (χ4n) is 4.02. The SMILES string of the molecule is CCC(C)NC(=O)C(C)N(Cc1ccc(Cl)cc1)C(=O)CN(c1ccccc1OC)S(=O)(=O)c1ccc(C)cc1. The van der Waals surface area contributed by atoms with Gasteiger partial charge < -0.3 is 15.0 Å². The topological polar surface area (TPSA) is 96.0 Å². The molecule has 0 aliphatic heterocycles. The highest BCUT2D eigenvalue weighted by molar-refractivity contribution is 7.92. The van der Waals surface area contributed by atoms with Crippen LogP contribution in [0.1, 0.15) is 38.3 Å². The lowest BCUT2D eigenvalue weighted by molar-refractivity contribution is -0.139. The van der Waals surface area contributed by atoms with Crippen molar-refractivity contribution >= 4 is 39.1 Å². The zero-order valence-electron chi connectivity index (χ0n) is 23.4. The van der Waals surface area contributed by atoms with Gasteiger partial charge in [0.05, 0.1) is 17.7 Å². The summed E-state index contributed by atoms with van der Waals surface area (Å²) >= 11 is 6.05. The van der Waals surface area contributed by atoms with Gasteiger partial charge >= 0.3 is 0 Å². The highest BCUT2D eigenvalue weighted by atomic mass is 35.5. The maximum Gasteiger partial charge on any atom is 0.264 e. The van der Waals surface area contributed by atoms with Crippen molar-refractivity contribution < 1.29 is 22.7 Å². The lowest BCUT2D eigenvalue weighted by atomic mass is 10.1. The van der Waals surface area contributed by atoms with Crippen LogP contribution in [0.4, 0.5) is 5.69 Å². The Kier molecular flexibility index (Phi) is 10.6. The Morgan fingerprint density at radius 2 is 1.60 bits per heavy atom. The van der Waals surface area contributed by atoms with Crippen molar-refractivity contribution in [2.45, 2.75) is 57.6 Å². The molecule has 40 heavy (non-hydrogen) atoms. The van der Waals surface area contributed by atoms with Crippen LogP contribution in [-0.4, -0.2) is 50.9 Å². The van der Waals surface area contributed by atoms with Crippen molar-refractivity contribution in [3.05, 3.63) is 88.9 Å². The van der Waals surface area contributed by atoms with Gasteiger partial charge in [0, 0.05) is 17.6 Å². The molecule has 0 heterocycles. The zero-order chi connectivity index (χ0) is 29.4. The van der Waals surface area contributed by atoms with Crippen molar-refractivity contribution in [2.75, 3.05) is 18.0 Å². The second kappa shape index (κ2) is 13.7. The van der Waals surface area contributed by atoms with E-state index in [9.17, 15) is 18.0 Å². The van der Waals surface area contributed by atoms with Crippen LogP contribution >= 0.6 is 11.6 Å². The number of hydrogen-bond acceptors (Lipinski definition) is 5. The fourth-order valence-corrected chi connectivity index (χ4v) is 5.57. The third kappa shape index (κ3) is 7.55. The Balaban J connectivity index is 2.06. The first kappa shape index (κ1) is 31.0. The Hall–Kier alpha value is -3.56. The Bertz CT molecular complexity index is 1410. The quantitative estimate of drug-likeness (QED) is 0.316. The molecule has 0 aliphatic carbocycles. The monoisotopic (exact) mass is 585 g/mol. The van der Waals surface area contributed by atoms with Gasteiger partial charge in [0.2, 0.25) is 11.8 Å². The molecule has 0 bridgehead atoms. The number of amides is 2. The Morgan fingerprint density at radius 1 is 0.975 bits per heavy atom. The molecule has 0 radical (unpaired) electrons. The molecular formula is C30H36ClN3O5S. The minimum absolute atomic E-state index is 0.0311. The number of anilines is 1. The molecule has 0 aromatic heterocycles. The normalized spacial score (nSPS) is 12.8. The number of nitrogens with one attached hydrogen (secondary N) is 1. The number of rotatable bonds is 12. The van der Waals surface area contributed by atoms with Crippen LogP contribution in [-0.2, 0) is 26.2 Å². The van der Waals surface area contributed by atoms with Gasteiger partial charge in [-0.05, 0) is 69.2 Å². The number of carbonyl (C=O) groups excluding carboxylic acids is 2. The average Bonchev–Trinajstić information content (AvgIpc) is 2.95. The number of ether oxygens (including phenoxy) is 1. The van der Waals surface area contributed by atoms with Crippen molar-refractivity contribution in [1.82, 2.24) is 10.2 Å². The number of benzene rings is 3. The molecule has 2 atom stereocenters. The Labute approximate surface area is 241 Å². The molecule has 8 nitrogen and oxygen atoms in total. The molecule has 2 amide bonds. The molecule has 2 unspecified atom stereocenters. The van der Waals surface area contributed by atoms with Crippen LogP contribution in [0.3, 0.4) is 0 Å². The van der Waals surface area contributed by atoms with Crippen LogP contribution < -0.4 is 14.4 Å².